The zero-order chi connectivity index (χ0) is 16.9. The smallest absolute Gasteiger partial charge is 0.253 e. The highest BCUT2D eigenvalue weighted by atomic mass is 16.5. The molecule has 1 heterocycles. The van der Waals surface area contributed by atoms with Gasteiger partial charge in [-0.15, -0.1) is 0 Å². The maximum absolute atomic E-state index is 12.1. The molecule has 5 nitrogen and oxygen atoms in total. The van der Waals surface area contributed by atoms with Crippen molar-refractivity contribution in [3.8, 4) is 0 Å². The van der Waals surface area contributed by atoms with Gasteiger partial charge in [0.2, 0.25) is 5.91 Å². The lowest BCUT2D eigenvalue weighted by atomic mass is 10.1. The molecule has 1 aliphatic rings. The van der Waals surface area contributed by atoms with Gasteiger partial charge in [-0.2, -0.15) is 0 Å². The first-order chi connectivity index (χ1) is 11.6. The minimum absolute atomic E-state index is 0.0441. The van der Waals surface area contributed by atoms with Gasteiger partial charge in [0.1, 0.15) is 6.61 Å². The number of rotatable bonds is 4. The zero-order valence-corrected chi connectivity index (χ0v) is 13.6. The van der Waals surface area contributed by atoms with Gasteiger partial charge in [-0.1, -0.05) is 29.8 Å². The summed E-state index contributed by atoms with van der Waals surface area (Å²) in [4.78, 5) is 25.6. The first kappa shape index (κ1) is 16.2. The lowest BCUT2D eigenvalue weighted by molar-refractivity contribution is -0.125. The average molecular weight is 324 g/mol. The summed E-state index contributed by atoms with van der Waals surface area (Å²) < 4.78 is 5.13. The molecule has 0 aliphatic carbocycles. The van der Waals surface area contributed by atoms with E-state index < -0.39 is 0 Å². The molecule has 1 saturated heterocycles. The van der Waals surface area contributed by atoms with Gasteiger partial charge in [0.05, 0.1) is 13.0 Å². The van der Waals surface area contributed by atoms with Crippen molar-refractivity contribution >= 4 is 23.2 Å². The molecule has 0 atom stereocenters. The van der Waals surface area contributed by atoms with E-state index >= 15 is 0 Å². The molecule has 1 aliphatic heterocycles. The molecular weight excluding hydrogens is 304 g/mol. The number of nitrogens with one attached hydrogen (secondary N) is 1. The van der Waals surface area contributed by atoms with Crippen LogP contribution in [0.4, 0.5) is 11.4 Å². The maximum Gasteiger partial charge on any atom is 0.253 e. The predicted molar refractivity (Wildman–Crippen MR) is 93.1 cm³/mol. The summed E-state index contributed by atoms with van der Waals surface area (Å²) in [5.74, 6) is -0.105. The molecule has 5 heteroatoms. The number of anilines is 2. The van der Waals surface area contributed by atoms with Gasteiger partial charge in [0.25, 0.3) is 5.91 Å². The molecule has 0 aromatic heterocycles. The van der Waals surface area contributed by atoms with Crippen molar-refractivity contribution in [1.29, 1.82) is 0 Å². The Kier molecular flexibility index (Phi) is 4.91. The number of carbonyl (C=O) groups excluding carboxylic acids is 2. The summed E-state index contributed by atoms with van der Waals surface area (Å²) in [6.07, 6.45) is 0.337. The normalized spacial score (nSPS) is 14.5. The number of nitrogens with zero attached hydrogens (tertiary/aromatic N) is 1. The van der Waals surface area contributed by atoms with E-state index in [-0.39, 0.29) is 18.4 Å². The van der Waals surface area contributed by atoms with Crippen molar-refractivity contribution < 1.29 is 14.3 Å². The molecule has 2 amide bonds. The van der Waals surface area contributed by atoms with E-state index in [4.69, 9.17) is 4.74 Å². The Morgan fingerprint density at radius 2 is 1.83 bits per heavy atom. The number of ether oxygens (including phenoxy) is 1. The highest BCUT2D eigenvalue weighted by Gasteiger charge is 2.19. The van der Waals surface area contributed by atoms with E-state index in [0.717, 1.165) is 16.9 Å². The fourth-order valence-electron chi connectivity index (χ4n) is 2.61. The summed E-state index contributed by atoms with van der Waals surface area (Å²) in [7, 11) is 0. The van der Waals surface area contributed by atoms with Crippen LogP contribution in [0.15, 0.2) is 48.5 Å². The molecule has 1 fully saturated rings. The largest absolute Gasteiger partial charge is 0.370 e. The van der Waals surface area contributed by atoms with Gasteiger partial charge in [0, 0.05) is 17.9 Å². The SMILES string of the molecule is Cc1ccc(CC(=O)Nc2ccc(N3CCOCC3=O)cc2)cc1. The molecule has 2 aromatic carbocycles. The van der Waals surface area contributed by atoms with Crippen LogP contribution in [0.1, 0.15) is 11.1 Å². The summed E-state index contributed by atoms with van der Waals surface area (Å²) in [6.45, 7) is 3.23. The second-order valence-electron chi connectivity index (χ2n) is 5.86. The fourth-order valence-corrected chi connectivity index (χ4v) is 2.61. The van der Waals surface area contributed by atoms with E-state index in [1.54, 1.807) is 4.90 Å². The highest BCUT2D eigenvalue weighted by molar-refractivity contribution is 5.96. The Labute approximate surface area is 141 Å². The van der Waals surface area contributed by atoms with Crippen LogP contribution in [0.5, 0.6) is 0 Å². The number of morpholine rings is 1. The monoisotopic (exact) mass is 324 g/mol. The highest BCUT2D eigenvalue weighted by Crippen LogP contribution is 2.19. The molecule has 0 saturated carbocycles. The van der Waals surface area contributed by atoms with Gasteiger partial charge in [-0.05, 0) is 36.8 Å². The van der Waals surface area contributed by atoms with Crippen molar-refractivity contribution in [1.82, 2.24) is 0 Å². The number of benzene rings is 2. The standard InChI is InChI=1S/C19H20N2O3/c1-14-2-4-15(5-3-14)12-18(22)20-16-6-8-17(9-7-16)21-10-11-24-13-19(21)23/h2-9H,10-13H2,1H3,(H,20,22). The van der Waals surface area contributed by atoms with Crippen LogP contribution >= 0.6 is 0 Å². The van der Waals surface area contributed by atoms with E-state index in [9.17, 15) is 9.59 Å². The third kappa shape index (κ3) is 4.00. The van der Waals surface area contributed by atoms with E-state index in [2.05, 4.69) is 5.32 Å². The summed E-state index contributed by atoms with van der Waals surface area (Å²) in [6, 6.07) is 15.2. The third-order valence-corrected chi connectivity index (χ3v) is 3.93. The number of hydrogen-bond acceptors (Lipinski definition) is 3. The lowest BCUT2D eigenvalue weighted by Gasteiger charge is -2.26. The van der Waals surface area contributed by atoms with Gasteiger partial charge >= 0.3 is 0 Å². The van der Waals surface area contributed by atoms with Crippen LogP contribution in [0.25, 0.3) is 0 Å². The minimum atomic E-state index is -0.0611. The Morgan fingerprint density at radius 3 is 2.50 bits per heavy atom. The van der Waals surface area contributed by atoms with Crippen LogP contribution < -0.4 is 10.2 Å². The van der Waals surface area contributed by atoms with E-state index in [1.165, 1.54) is 5.56 Å². The van der Waals surface area contributed by atoms with Gasteiger partial charge in [0.15, 0.2) is 0 Å². The van der Waals surface area contributed by atoms with Crippen LogP contribution in [0, 0.1) is 6.92 Å². The molecule has 0 radical (unpaired) electrons. The van der Waals surface area contributed by atoms with E-state index in [0.29, 0.717) is 19.6 Å². The number of amides is 2. The Bertz CT molecular complexity index is 723. The maximum atomic E-state index is 12.1. The molecule has 0 bridgehead atoms. The van der Waals surface area contributed by atoms with Crippen molar-refractivity contribution in [3.63, 3.8) is 0 Å². The van der Waals surface area contributed by atoms with Crippen LogP contribution in [-0.2, 0) is 20.7 Å². The van der Waals surface area contributed by atoms with Crippen molar-refractivity contribution in [3.05, 3.63) is 59.7 Å². The minimum Gasteiger partial charge on any atom is -0.370 e. The molecule has 1 N–H and O–H groups in total. The summed E-state index contributed by atoms with van der Waals surface area (Å²) >= 11 is 0. The predicted octanol–water partition coefficient (Wildman–Crippen LogP) is 2.54. The quantitative estimate of drug-likeness (QED) is 0.940. The molecule has 0 unspecified atom stereocenters. The molecule has 0 spiro atoms. The van der Waals surface area contributed by atoms with Gasteiger partial charge in [-0.25, -0.2) is 0 Å². The molecular formula is C19H20N2O3. The second-order valence-corrected chi connectivity index (χ2v) is 5.86. The Hall–Kier alpha value is -2.66. The molecule has 124 valence electrons. The number of carbonyl (C=O) groups is 2. The average Bonchev–Trinajstić information content (AvgIpc) is 2.58. The molecule has 24 heavy (non-hydrogen) atoms. The first-order valence-electron chi connectivity index (χ1n) is 7.95. The zero-order valence-electron chi connectivity index (χ0n) is 13.6. The number of aryl methyl sites for hydroxylation is 1. The topological polar surface area (TPSA) is 58.6 Å². The van der Waals surface area contributed by atoms with E-state index in [1.807, 2.05) is 55.5 Å². The first-order valence-corrected chi connectivity index (χ1v) is 7.95. The summed E-state index contributed by atoms with van der Waals surface area (Å²) in [5.41, 5.74) is 3.69. The Balaban J connectivity index is 1.60. The lowest BCUT2D eigenvalue weighted by Crippen LogP contribution is -2.41. The summed E-state index contributed by atoms with van der Waals surface area (Å²) in [5, 5.41) is 2.88. The number of hydrogen-bond donors (Lipinski definition) is 1. The van der Waals surface area contributed by atoms with Gasteiger partial charge < -0.3 is 15.0 Å². The van der Waals surface area contributed by atoms with Gasteiger partial charge in [-0.3, -0.25) is 9.59 Å². The molecule has 2 aromatic rings. The third-order valence-electron chi connectivity index (χ3n) is 3.93. The van der Waals surface area contributed by atoms with Crippen LogP contribution in [0.3, 0.4) is 0 Å². The second kappa shape index (κ2) is 7.27. The Morgan fingerprint density at radius 1 is 1.12 bits per heavy atom. The fraction of sp³-hybridized carbons (Fsp3) is 0.263. The molecule has 3 rings (SSSR count). The van der Waals surface area contributed by atoms with Crippen molar-refractivity contribution in [2.45, 2.75) is 13.3 Å². The van der Waals surface area contributed by atoms with Crippen molar-refractivity contribution in [2.24, 2.45) is 0 Å². The van der Waals surface area contributed by atoms with Crippen LogP contribution in [0.2, 0.25) is 0 Å². The van der Waals surface area contributed by atoms with Crippen LogP contribution in [-0.4, -0.2) is 31.6 Å². The van der Waals surface area contributed by atoms with Crippen molar-refractivity contribution in [2.75, 3.05) is 30.0 Å².